The average molecular weight is 215 g/mol. The van der Waals surface area contributed by atoms with Crippen molar-refractivity contribution in [1.29, 1.82) is 0 Å². The Morgan fingerprint density at radius 2 is 2.12 bits per heavy atom. The molecule has 0 saturated carbocycles. The Hall–Kier alpha value is -2.10. The molecule has 1 N–H and O–H groups in total. The van der Waals surface area contributed by atoms with Crippen molar-refractivity contribution >= 4 is 5.71 Å². The van der Waals surface area contributed by atoms with Crippen LogP contribution in [0.3, 0.4) is 0 Å². The van der Waals surface area contributed by atoms with Crippen LogP contribution in [0.25, 0.3) is 0 Å². The van der Waals surface area contributed by atoms with Crippen LogP contribution in [0.15, 0.2) is 54.2 Å². The minimum absolute atomic E-state index is 0.677. The highest BCUT2D eigenvalue weighted by molar-refractivity contribution is 6.00. The number of oxime groups is 1. The smallest absolute Gasteiger partial charge is 0.0946 e. The molecule has 4 heteroatoms. The number of rotatable bonds is 4. The zero-order valence-electron chi connectivity index (χ0n) is 8.82. The van der Waals surface area contributed by atoms with Gasteiger partial charge in [0.05, 0.1) is 12.0 Å². The maximum absolute atomic E-state index is 8.97. The van der Waals surface area contributed by atoms with Gasteiger partial charge in [-0.2, -0.15) is 0 Å². The molecule has 1 heterocycles. The van der Waals surface area contributed by atoms with E-state index in [0.717, 1.165) is 12.1 Å². The second kappa shape index (κ2) is 5.11. The lowest BCUT2D eigenvalue weighted by Crippen LogP contribution is -2.06. The van der Waals surface area contributed by atoms with Crippen LogP contribution in [0.2, 0.25) is 0 Å². The fourth-order valence-electron chi connectivity index (χ4n) is 1.54. The van der Waals surface area contributed by atoms with E-state index in [1.807, 2.05) is 41.1 Å². The molecule has 0 fully saturated rings. The Kier molecular flexibility index (Phi) is 3.33. The summed E-state index contributed by atoms with van der Waals surface area (Å²) in [5.74, 6) is 0. The van der Waals surface area contributed by atoms with Crippen LogP contribution in [-0.4, -0.2) is 20.5 Å². The molecule has 0 aliphatic rings. The highest BCUT2D eigenvalue weighted by atomic mass is 16.4. The van der Waals surface area contributed by atoms with Crippen LogP contribution in [0.5, 0.6) is 0 Å². The highest BCUT2D eigenvalue weighted by Crippen LogP contribution is 2.05. The fourth-order valence-corrected chi connectivity index (χ4v) is 1.54. The van der Waals surface area contributed by atoms with Gasteiger partial charge >= 0.3 is 0 Å². The fraction of sp³-hybridized carbons (Fsp3) is 0.167. The van der Waals surface area contributed by atoms with Crippen LogP contribution in [0.4, 0.5) is 0 Å². The molecule has 1 aromatic heterocycles. The van der Waals surface area contributed by atoms with Gasteiger partial charge < -0.3 is 9.77 Å². The third-order valence-electron chi connectivity index (χ3n) is 2.39. The largest absolute Gasteiger partial charge is 0.411 e. The Bertz CT molecular complexity index is 448. The SMILES string of the molecule is O/N=C(/CCn1ccnc1)c1ccccc1. The first-order valence-corrected chi connectivity index (χ1v) is 5.12. The first-order valence-electron chi connectivity index (χ1n) is 5.12. The Labute approximate surface area is 93.9 Å². The monoisotopic (exact) mass is 215 g/mol. The van der Waals surface area contributed by atoms with Crippen LogP contribution in [-0.2, 0) is 6.54 Å². The number of imidazole rings is 1. The van der Waals surface area contributed by atoms with Gasteiger partial charge in [-0.25, -0.2) is 4.98 Å². The molecule has 82 valence electrons. The maximum atomic E-state index is 8.97. The summed E-state index contributed by atoms with van der Waals surface area (Å²) in [6, 6.07) is 9.66. The first kappa shape index (κ1) is 10.4. The molecule has 1 aromatic carbocycles. The van der Waals surface area contributed by atoms with Crippen molar-refractivity contribution in [2.24, 2.45) is 5.16 Å². The van der Waals surface area contributed by atoms with Crippen LogP contribution >= 0.6 is 0 Å². The van der Waals surface area contributed by atoms with Crippen LogP contribution in [0, 0.1) is 0 Å². The normalized spacial score (nSPS) is 11.6. The number of benzene rings is 1. The summed E-state index contributed by atoms with van der Waals surface area (Å²) in [6.45, 7) is 0.758. The van der Waals surface area contributed by atoms with Gasteiger partial charge in [0, 0.05) is 25.4 Å². The average Bonchev–Trinajstić information content (AvgIpc) is 2.84. The standard InChI is InChI=1S/C12H13N3O/c16-14-12(11-4-2-1-3-5-11)6-8-15-9-7-13-10-15/h1-5,7,9-10,16H,6,8H2/b14-12-. The molecule has 0 bridgehead atoms. The van der Waals surface area contributed by atoms with Gasteiger partial charge in [0.15, 0.2) is 0 Å². The lowest BCUT2D eigenvalue weighted by Gasteiger charge is -2.05. The van der Waals surface area contributed by atoms with Crippen molar-refractivity contribution in [1.82, 2.24) is 9.55 Å². The van der Waals surface area contributed by atoms with Crippen molar-refractivity contribution in [3.63, 3.8) is 0 Å². The van der Waals surface area contributed by atoms with Gasteiger partial charge in [-0.15, -0.1) is 0 Å². The van der Waals surface area contributed by atoms with Crippen molar-refractivity contribution in [3.8, 4) is 0 Å². The van der Waals surface area contributed by atoms with E-state index in [9.17, 15) is 0 Å². The topological polar surface area (TPSA) is 50.4 Å². The van der Waals surface area contributed by atoms with Crippen molar-refractivity contribution < 1.29 is 5.21 Å². The second-order valence-electron chi connectivity index (χ2n) is 3.46. The van der Waals surface area contributed by atoms with E-state index in [2.05, 4.69) is 10.1 Å². The van der Waals surface area contributed by atoms with Crippen LogP contribution < -0.4 is 0 Å². The summed E-state index contributed by atoms with van der Waals surface area (Å²) in [5.41, 5.74) is 1.64. The molecule has 2 aromatic rings. The number of hydrogen-bond donors (Lipinski definition) is 1. The molecule has 0 amide bonds. The van der Waals surface area contributed by atoms with E-state index in [1.165, 1.54) is 0 Å². The summed E-state index contributed by atoms with van der Waals surface area (Å²) >= 11 is 0. The Morgan fingerprint density at radius 1 is 1.31 bits per heavy atom. The van der Waals surface area contributed by atoms with Gasteiger partial charge in [0.25, 0.3) is 0 Å². The summed E-state index contributed by atoms with van der Waals surface area (Å²) in [4.78, 5) is 3.96. The molecule has 0 spiro atoms. The number of hydrogen-bond acceptors (Lipinski definition) is 3. The summed E-state index contributed by atoms with van der Waals surface area (Å²) in [7, 11) is 0. The molecule has 0 radical (unpaired) electrons. The van der Waals surface area contributed by atoms with Crippen molar-refractivity contribution in [2.75, 3.05) is 0 Å². The zero-order chi connectivity index (χ0) is 11.2. The lowest BCUT2D eigenvalue weighted by molar-refractivity contribution is 0.317. The molecule has 0 aliphatic carbocycles. The van der Waals surface area contributed by atoms with Crippen LogP contribution in [0.1, 0.15) is 12.0 Å². The van der Waals surface area contributed by atoms with E-state index >= 15 is 0 Å². The molecule has 2 rings (SSSR count). The summed E-state index contributed by atoms with van der Waals surface area (Å²) in [5, 5.41) is 12.3. The van der Waals surface area contributed by atoms with Gasteiger partial charge in [0.2, 0.25) is 0 Å². The van der Waals surface area contributed by atoms with Gasteiger partial charge in [-0.05, 0) is 5.56 Å². The van der Waals surface area contributed by atoms with E-state index in [-0.39, 0.29) is 0 Å². The highest BCUT2D eigenvalue weighted by Gasteiger charge is 2.03. The predicted octanol–water partition coefficient (Wildman–Crippen LogP) is 2.15. The van der Waals surface area contributed by atoms with E-state index in [1.54, 1.807) is 12.5 Å². The molecule has 0 atom stereocenters. The van der Waals surface area contributed by atoms with E-state index < -0.39 is 0 Å². The second-order valence-corrected chi connectivity index (χ2v) is 3.46. The molecule has 16 heavy (non-hydrogen) atoms. The zero-order valence-corrected chi connectivity index (χ0v) is 8.82. The predicted molar refractivity (Wildman–Crippen MR) is 61.6 cm³/mol. The molecule has 0 unspecified atom stereocenters. The Balaban J connectivity index is 2.03. The number of nitrogens with zero attached hydrogens (tertiary/aromatic N) is 3. The minimum Gasteiger partial charge on any atom is -0.411 e. The van der Waals surface area contributed by atoms with Gasteiger partial charge in [-0.3, -0.25) is 0 Å². The number of aryl methyl sites for hydroxylation is 1. The minimum atomic E-state index is 0.677. The molecular formula is C12H13N3O. The molecular weight excluding hydrogens is 202 g/mol. The maximum Gasteiger partial charge on any atom is 0.0946 e. The molecule has 4 nitrogen and oxygen atoms in total. The quantitative estimate of drug-likeness (QED) is 0.482. The summed E-state index contributed by atoms with van der Waals surface area (Å²) < 4.78 is 1.95. The summed E-state index contributed by atoms with van der Waals surface area (Å²) in [6.07, 6.45) is 6.05. The van der Waals surface area contributed by atoms with Gasteiger partial charge in [0.1, 0.15) is 0 Å². The molecule has 0 aliphatic heterocycles. The van der Waals surface area contributed by atoms with Gasteiger partial charge in [-0.1, -0.05) is 35.5 Å². The number of aromatic nitrogens is 2. The Morgan fingerprint density at radius 3 is 2.75 bits per heavy atom. The third kappa shape index (κ3) is 2.48. The van der Waals surface area contributed by atoms with Crippen molar-refractivity contribution in [2.45, 2.75) is 13.0 Å². The third-order valence-corrected chi connectivity index (χ3v) is 2.39. The lowest BCUT2D eigenvalue weighted by atomic mass is 10.1. The molecule has 0 saturated heterocycles. The first-order chi connectivity index (χ1) is 7.90. The van der Waals surface area contributed by atoms with E-state index in [4.69, 9.17) is 5.21 Å². The van der Waals surface area contributed by atoms with E-state index in [0.29, 0.717) is 12.1 Å². The van der Waals surface area contributed by atoms with Crippen molar-refractivity contribution in [3.05, 3.63) is 54.6 Å².